The van der Waals surface area contributed by atoms with Gasteiger partial charge in [0.25, 0.3) is 5.91 Å². The van der Waals surface area contributed by atoms with Crippen LogP contribution in [0.15, 0.2) is 30.3 Å². The Hall–Kier alpha value is -3.14. The lowest BCUT2D eigenvalue weighted by molar-refractivity contribution is -0.134. The van der Waals surface area contributed by atoms with Crippen LogP contribution in [-0.4, -0.2) is 40.7 Å². The highest BCUT2D eigenvalue weighted by Gasteiger charge is 2.22. The SMILES string of the molecule is CCNc1cc2c(nn1)CCN(C(=O)COc1ccc(C#N)cc1)C2. The second-order valence-electron chi connectivity index (χ2n) is 5.72. The van der Waals surface area contributed by atoms with E-state index in [4.69, 9.17) is 10.00 Å². The molecule has 7 heteroatoms. The molecule has 0 saturated carbocycles. The van der Waals surface area contributed by atoms with Gasteiger partial charge in [-0.2, -0.15) is 10.4 Å². The number of nitriles is 1. The van der Waals surface area contributed by atoms with Crippen LogP contribution in [0.4, 0.5) is 5.82 Å². The highest BCUT2D eigenvalue weighted by atomic mass is 16.5. The van der Waals surface area contributed by atoms with Crippen molar-refractivity contribution in [1.82, 2.24) is 15.1 Å². The second kappa shape index (κ2) is 7.62. The standard InChI is InChI=1S/C18H19N5O2/c1-2-20-17-9-14-11-23(8-7-16(14)21-22-17)18(24)12-25-15-5-3-13(10-19)4-6-15/h3-6,9H,2,7-8,11-12H2,1H3,(H,20,22). The molecule has 2 heterocycles. The highest BCUT2D eigenvalue weighted by molar-refractivity contribution is 5.78. The summed E-state index contributed by atoms with van der Waals surface area (Å²) in [5.74, 6) is 1.23. The molecule has 0 fully saturated rings. The summed E-state index contributed by atoms with van der Waals surface area (Å²) in [6, 6.07) is 10.7. The molecule has 1 amide bonds. The molecule has 25 heavy (non-hydrogen) atoms. The summed E-state index contributed by atoms with van der Waals surface area (Å²) >= 11 is 0. The van der Waals surface area contributed by atoms with E-state index in [9.17, 15) is 4.79 Å². The molecule has 0 spiro atoms. The van der Waals surface area contributed by atoms with Gasteiger partial charge in [0.1, 0.15) is 11.6 Å². The minimum Gasteiger partial charge on any atom is -0.484 e. The third-order valence-corrected chi connectivity index (χ3v) is 4.00. The Morgan fingerprint density at radius 3 is 2.88 bits per heavy atom. The molecule has 1 aliphatic heterocycles. The Morgan fingerprint density at radius 1 is 1.36 bits per heavy atom. The summed E-state index contributed by atoms with van der Waals surface area (Å²) in [6.07, 6.45) is 0.692. The second-order valence-corrected chi connectivity index (χ2v) is 5.72. The summed E-state index contributed by atoms with van der Waals surface area (Å²) < 4.78 is 5.53. The Kier molecular flexibility index (Phi) is 5.09. The number of hydrogen-bond donors (Lipinski definition) is 1. The van der Waals surface area contributed by atoms with Gasteiger partial charge in [0.05, 0.1) is 17.3 Å². The van der Waals surface area contributed by atoms with Crippen LogP contribution in [0.5, 0.6) is 5.75 Å². The first-order valence-corrected chi connectivity index (χ1v) is 8.19. The van der Waals surface area contributed by atoms with Crippen LogP contribution in [0.2, 0.25) is 0 Å². The fourth-order valence-corrected chi connectivity index (χ4v) is 2.67. The molecular formula is C18H19N5O2. The fraction of sp³-hybridized carbons (Fsp3) is 0.333. The first-order chi connectivity index (χ1) is 12.2. The van der Waals surface area contributed by atoms with E-state index in [0.29, 0.717) is 30.8 Å². The number of nitrogens with zero attached hydrogens (tertiary/aromatic N) is 4. The summed E-state index contributed by atoms with van der Waals surface area (Å²) in [7, 11) is 0. The van der Waals surface area contributed by atoms with Gasteiger partial charge in [0, 0.05) is 26.1 Å². The van der Waals surface area contributed by atoms with E-state index in [2.05, 4.69) is 15.5 Å². The molecule has 1 N–H and O–H groups in total. The van der Waals surface area contributed by atoms with Crippen LogP contribution in [0.3, 0.4) is 0 Å². The Labute approximate surface area is 146 Å². The molecule has 3 rings (SSSR count). The maximum Gasteiger partial charge on any atom is 0.260 e. The lowest BCUT2D eigenvalue weighted by Gasteiger charge is -2.28. The van der Waals surface area contributed by atoms with Gasteiger partial charge >= 0.3 is 0 Å². The number of benzene rings is 1. The van der Waals surface area contributed by atoms with Gasteiger partial charge in [-0.3, -0.25) is 4.79 Å². The van der Waals surface area contributed by atoms with Crippen molar-refractivity contribution in [3.8, 4) is 11.8 Å². The molecule has 0 saturated heterocycles. The lowest BCUT2D eigenvalue weighted by atomic mass is 10.1. The Balaban J connectivity index is 1.59. The number of anilines is 1. The summed E-state index contributed by atoms with van der Waals surface area (Å²) in [5, 5.41) is 20.3. The van der Waals surface area contributed by atoms with Gasteiger partial charge < -0.3 is 15.0 Å². The van der Waals surface area contributed by atoms with Gasteiger partial charge in [-0.25, -0.2) is 0 Å². The molecule has 7 nitrogen and oxygen atoms in total. The molecule has 2 aromatic rings. The zero-order chi connectivity index (χ0) is 17.6. The van der Waals surface area contributed by atoms with Crippen LogP contribution >= 0.6 is 0 Å². The van der Waals surface area contributed by atoms with E-state index in [0.717, 1.165) is 23.6 Å². The topological polar surface area (TPSA) is 91.1 Å². The van der Waals surface area contributed by atoms with Crippen molar-refractivity contribution in [2.24, 2.45) is 0 Å². The molecule has 1 aromatic heterocycles. The van der Waals surface area contributed by atoms with Crippen molar-refractivity contribution < 1.29 is 9.53 Å². The first kappa shape index (κ1) is 16.7. The summed E-state index contributed by atoms with van der Waals surface area (Å²) in [4.78, 5) is 14.2. The van der Waals surface area contributed by atoms with E-state index in [-0.39, 0.29) is 12.5 Å². The van der Waals surface area contributed by atoms with Crippen LogP contribution < -0.4 is 10.1 Å². The third kappa shape index (κ3) is 4.04. The monoisotopic (exact) mass is 337 g/mol. The molecule has 0 aliphatic carbocycles. The molecule has 0 unspecified atom stereocenters. The van der Waals surface area contributed by atoms with Gasteiger partial charge in [-0.1, -0.05) is 0 Å². The normalized spacial score (nSPS) is 12.9. The van der Waals surface area contributed by atoms with Crippen molar-refractivity contribution in [2.75, 3.05) is 25.0 Å². The maximum atomic E-state index is 12.4. The smallest absolute Gasteiger partial charge is 0.260 e. The number of rotatable bonds is 5. The Bertz CT molecular complexity index is 798. The number of hydrogen-bond acceptors (Lipinski definition) is 6. The van der Waals surface area contributed by atoms with Crippen LogP contribution in [0.25, 0.3) is 0 Å². The molecule has 128 valence electrons. The average molecular weight is 337 g/mol. The van der Waals surface area contributed by atoms with Crippen LogP contribution in [-0.2, 0) is 17.8 Å². The maximum absolute atomic E-state index is 12.4. The number of carbonyl (C=O) groups excluding carboxylic acids is 1. The van der Waals surface area contributed by atoms with E-state index in [1.807, 2.05) is 19.1 Å². The lowest BCUT2D eigenvalue weighted by Crippen LogP contribution is -2.39. The molecule has 1 aliphatic rings. The van der Waals surface area contributed by atoms with Gasteiger partial charge in [-0.15, -0.1) is 5.10 Å². The van der Waals surface area contributed by atoms with Crippen LogP contribution in [0.1, 0.15) is 23.7 Å². The van der Waals surface area contributed by atoms with E-state index >= 15 is 0 Å². The molecular weight excluding hydrogens is 318 g/mol. The quantitative estimate of drug-likeness (QED) is 0.894. The number of fused-ring (bicyclic) bond motifs is 1. The number of amides is 1. The van der Waals surface area contributed by atoms with E-state index < -0.39 is 0 Å². The van der Waals surface area contributed by atoms with Gasteiger partial charge in [0.2, 0.25) is 0 Å². The summed E-state index contributed by atoms with van der Waals surface area (Å²) in [6.45, 7) is 3.86. The van der Waals surface area contributed by atoms with Crippen molar-refractivity contribution in [3.05, 3.63) is 47.2 Å². The van der Waals surface area contributed by atoms with E-state index in [1.54, 1.807) is 29.2 Å². The fourth-order valence-electron chi connectivity index (χ4n) is 2.67. The molecule has 0 bridgehead atoms. The minimum atomic E-state index is -0.0724. The van der Waals surface area contributed by atoms with Crippen LogP contribution in [0, 0.1) is 11.3 Å². The van der Waals surface area contributed by atoms with E-state index in [1.165, 1.54) is 0 Å². The number of carbonyl (C=O) groups is 1. The zero-order valence-electron chi connectivity index (χ0n) is 14.0. The minimum absolute atomic E-state index is 0.0280. The number of ether oxygens (including phenoxy) is 1. The highest BCUT2D eigenvalue weighted by Crippen LogP contribution is 2.19. The van der Waals surface area contributed by atoms with Gasteiger partial charge in [-0.05, 0) is 42.8 Å². The third-order valence-electron chi connectivity index (χ3n) is 4.00. The predicted octanol–water partition coefficient (Wildman–Crippen LogP) is 1.74. The average Bonchev–Trinajstić information content (AvgIpc) is 2.66. The van der Waals surface area contributed by atoms with Gasteiger partial charge in [0.15, 0.2) is 6.61 Å². The number of aromatic nitrogens is 2. The number of nitrogens with one attached hydrogen (secondary N) is 1. The van der Waals surface area contributed by atoms with Crippen molar-refractivity contribution in [3.63, 3.8) is 0 Å². The van der Waals surface area contributed by atoms with Crippen molar-refractivity contribution >= 4 is 11.7 Å². The predicted molar refractivity (Wildman–Crippen MR) is 92.0 cm³/mol. The first-order valence-electron chi connectivity index (χ1n) is 8.19. The largest absolute Gasteiger partial charge is 0.484 e. The zero-order valence-corrected chi connectivity index (χ0v) is 14.0. The molecule has 0 radical (unpaired) electrons. The Morgan fingerprint density at radius 2 is 2.16 bits per heavy atom. The molecule has 0 atom stereocenters. The van der Waals surface area contributed by atoms with Crippen molar-refractivity contribution in [2.45, 2.75) is 19.9 Å². The molecule has 1 aromatic carbocycles. The summed E-state index contributed by atoms with van der Waals surface area (Å²) in [5.41, 5.74) is 2.52. The van der Waals surface area contributed by atoms with Crippen molar-refractivity contribution in [1.29, 1.82) is 5.26 Å².